The first kappa shape index (κ1) is 14.6. The third-order valence-corrected chi connectivity index (χ3v) is 4.36. The van der Waals surface area contributed by atoms with Gasteiger partial charge in [-0.05, 0) is 31.0 Å². The summed E-state index contributed by atoms with van der Waals surface area (Å²) < 4.78 is 3.75. The highest BCUT2D eigenvalue weighted by Crippen LogP contribution is 2.22. The fraction of sp³-hybridized carbons (Fsp3) is 0.294. The highest BCUT2D eigenvalue weighted by Gasteiger charge is 2.25. The molecule has 0 bridgehead atoms. The molecule has 4 rings (SSSR count). The molecule has 7 heteroatoms. The molecule has 24 heavy (non-hydrogen) atoms. The van der Waals surface area contributed by atoms with Crippen molar-refractivity contribution >= 4 is 5.91 Å². The minimum absolute atomic E-state index is 0.0272. The van der Waals surface area contributed by atoms with Crippen molar-refractivity contribution in [2.45, 2.75) is 18.9 Å². The molecular weight excluding hydrogens is 304 g/mol. The van der Waals surface area contributed by atoms with Crippen LogP contribution in [0.3, 0.4) is 0 Å². The van der Waals surface area contributed by atoms with Gasteiger partial charge in [-0.15, -0.1) is 0 Å². The first-order valence-electron chi connectivity index (χ1n) is 8.04. The van der Waals surface area contributed by atoms with Crippen LogP contribution in [0.2, 0.25) is 0 Å². The molecule has 3 aromatic rings. The van der Waals surface area contributed by atoms with E-state index in [1.807, 2.05) is 41.8 Å². The monoisotopic (exact) mass is 322 g/mol. The van der Waals surface area contributed by atoms with E-state index in [0.29, 0.717) is 24.0 Å². The molecule has 1 aliphatic rings. The van der Waals surface area contributed by atoms with E-state index >= 15 is 0 Å². The summed E-state index contributed by atoms with van der Waals surface area (Å²) in [5.41, 5.74) is 0.609. The zero-order valence-electron chi connectivity index (χ0n) is 13.2. The second-order valence-electron chi connectivity index (χ2n) is 5.91. The quantitative estimate of drug-likeness (QED) is 0.739. The Morgan fingerprint density at radius 1 is 1.21 bits per heavy atom. The molecule has 1 saturated heterocycles. The molecule has 0 radical (unpaired) electrons. The normalized spacial score (nSPS) is 17.8. The Labute approximate surface area is 139 Å². The van der Waals surface area contributed by atoms with Crippen LogP contribution in [0, 0.1) is 0 Å². The largest absolute Gasteiger partial charge is 0.337 e. The van der Waals surface area contributed by atoms with Crippen molar-refractivity contribution < 1.29 is 4.79 Å². The molecular formula is C17H18N6O. The highest BCUT2D eigenvalue weighted by atomic mass is 16.2. The second kappa shape index (κ2) is 6.27. The molecule has 3 aromatic heterocycles. The summed E-state index contributed by atoms with van der Waals surface area (Å²) in [4.78, 5) is 23.1. The average Bonchev–Trinajstić information content (AvgIpc) is 3.35. The van der Waals surface area contributed by atoms with Crippen LogP contribution in [-0.2, 0) is 0 Å². The molecule has 0 aromatic carbocycles. The van der Waals surface area contributed by atoms with Gasteiger partial charge in [-0.3, -0.25) is 4.79 Å². The van der Waals surface area contributed by atoms with Gasteiger partial charge in [0.25, 0.3) is 5.91 Å². The number of carbonyl (C=O) groups is 1. The van der Waals surface area contributed by atoms with E-state index in [-0.39, 0.29) is 5.91 Å². The Bertz CT molecular complexity index is 794. The van der Waals surface area contributed by atoms with E-state index in [1.165, 1.54) is 0 Å². The van der Waals surface area contributed by atoms with Gasteiger partial charge in [0.05, 0.1) is 17.9 Å². The van der Waals surface area contributed by atoms with Gasteiger partial charge in [0.1, 0.15) is 0 Å². The summed E-state index contributed by atoms with van der Waals surface area (Å²) in [5, 5.41) is 4.14. The second-order valence-corrected chi connectivity index (χ2v) is 5.91. The van der Waals surface area contributed by atoms with Crippen LogP contribution >= 0.6 is 0 Å². The van der Waals surface area contributed by atoms with E-state index in [9.17, 15) is 4.79 Å². The molecule has 1 aliphatic heterocycles. The summed E-state index contributed by atoms with van der Waals surface area (Å²) in [6.07, 6.45) is 12.8. The Kier molecular flexibility index (Phi) is 3.82. The fourth-order valence-electron chi connectivity index (χ4n) is 3.10. The fourth-order valence-corrected chi connectivity index (χ4v) is 3.10. The molecule has 1 amide bonds. The standard InChI is InChI=1S/C17H18N6O/c24-17(14-4-5-16(19-11-14)23-9-2-6-20-23)21-8-1-3-15(12-21)22-10-7-18-13-22/h2,4-7,9-11,13,15H,1,3,8,12H2. The van der Waals surface area contributed by atoms with E-state index < -0.39 is 0 Å². The number of piperidine rings is 1. The van der Waals surface area contributed by atoms with E-state index in [2.05, 4.69) is 19.6 Å². The summed E-state index contributed by atoms with van der Waals surface area (Å²) in [6.45, 7) is 1.49. The van der Waals surface area contributed by atoms with Gasteiger partial charge >= 0.3 is 0 Å². The van der Waals surface area contributed by atoms with Crippen LogP contribution < -0.4 is 0 Å². The summed E-state index contributed by atoms with van der Waals surface area (Å²) >= 11 is 0. The third kappa shape index (κ3) is 2.80. The summed E-state index contributed by atoms with van der Waals surface area (Å²) in [6, 6.07) is 5.76. The van der Waals surface area contributed by atoms with Crippen molar-refractivity contribution in [3.63, 3.8) is 0 Å². The van der Waals surface area contributed by atoms with Crippen LogP contribution in [0.15, 0.2) is 55.5 Å². The summed E-state index contributed by atoms with van der Waals surface area (Å²) in [7, 11) is 0. The van der Waals surface area contributed by atoms with Crippen molar-refractivity contribution in [2.24, 2.45) is 0 Å². The number of amides is 1. The van der Waals surface area contributed by atoms with Crippen LogP contribution in [0.5, 0.6) is 0 Å². The number of hydrogen-bond acceptors (Lipinski definition) is 4. The number of pyridine rings is 1. The van der Waals surface area contributed by atoms with Crippen molar-refractivity contribution in [3.8, 4) is 5.82 Å². The Morgan fingerprint density at radius 3 is 2.88 bits per heavy atom. The van der Waals surface area contributed by atoms with Crippen LogP contribution in [0.25, 0.3) is 5.82 Å². The lowest BCUT2D eigenvalue weighted by Gasteiger charge is -2.33. The number of likely N-dealkylation sites (tertiary alicyclic amines) is 1. The van der Waals surface area contributed by atoms with Gasteiger partial charge in [-0.25, -0.2) is 14.6 Å². The van der Waals surface area contributed by atoms with Gasteiger partial charge in [0.15, 0.2) is 5.82 Å². The maximum absolute atomic E-state index is 12.8. The van der Waals surface area contributed by atoms with Gasteiger partial charge < -0.3 is 9.47 Å². The molecule has 0 spiro atoms. The van der Waals surface area contributed by atoms with E-state index in [4.69, 9.17) is 0 Å². The average molecular weight is 322 g/mol. The molecule has 4 heterocycles. The van der Waals surface area contributed by atoms with Gasteiger partial charge in [0, 0.05) is 44.1 Å². The zero-order valence-corrected chi connectivity index (χ0v) is 13.2. The zero-order chi connectivity index (χ0) is 16.4. The minimum Gasteiger partial charge on any atom is -0.337 e. The Morgan fingerprint density at radius 2 is 2.17 bits per heavy atom. The number of nitrogens with zero attached hydrogens (tertiary/aromatic N) is 6. The molecule has 1 unspecified atom stereocenters. The predicted molar refractivity (Wildman–Crippen MR) is 87.8 cm³/mol. The highest BCUT2D eigenvalue weighted by molar-refractivity contribution is 5.94. The molecule has 1 fully saturated rings. The van der Waals surface area contributed by atoms with Crippen molar-refractivity contribution in [1.29, 1.82) is 0 Å². The first-order chi connectivity index (χ1) is 11.8. The lowest BCUT2D eigenvalue weighted by molar-refractivity contribution is 0.0679. The van der Waals surface area contributed by atoms with Gasteiger partial charge in [-0.1, -0.05) is 0 Å². The number of aromatic nitrogens is 5. The Hall–Kier alpha value is -2.96. The number of rotatable bonds is 3. The number of hydrogen-bond donors (Lipinski definition) is 0. The lowest BCUT2D eigenvalue weighted by atomic mass is 10.0. The number of carbonyl (C=O) groups excluding carboxylic acids is 1. The summed E-state index contributed by atoms with van der Waals surface area (Å²) in [5.74, 6) is 0.728. The lowest BCUT2D eigenvalue weighted by Crippen LogP contribution is -2.40. The van der Waals surface area contributed by atoms with E-state index in [0.717, 1.165) is 19.4 Å². The molecule has 122 valence electrons. The van der Waals surface area contributed by atoms with Crippen LogP contribution in [0.1, 0.15) is 29.2 Å². The smallest absolute Gasteiger partial charge is 0.255 e. The third-order valence-electron chi connectivity index (χ3n) is 4.36. The number of imidazole rings is 1. The SMILES string of the molecule is O=C(c1ccc(-n2cccn2)nc1)N1CCCC(n2ccnc2)C1. The minimum atomic E-state index is 0.0272. The Balaban J connectivity index is 1.49. The van der Waals surface area contributed by atoms with Crippen molar-refractivity contribution in [2.75, 3.05) is 13.1 Å². The maximum Gasteiger partial charge on any atom is 0.255 e. The van der Waals surface area contributed by atoms with Crippen LogP contribution in [0.4, 0.5) is 0 Å². The molecule has 0 N–H and O–H groups in total. The topological polar surface area (TPSA) is 68.8 Å². The van der Waals surface area contributed by atoms with E-state index in [1.54, 1.807) is 23.3 Å². The molecule has 0 aliphatic carbocycles. The van der Waals surface area contributed by atoms with Crippen molar-refractivity contribution in [3.05, 3.63) is 61.1 Å². The maximum atomic E-state index is 12.8. The van der Waals surface area contributed by atoms with Crippen LogP contribution in [-0.4, -0.2) is 48.2 Å². The van der Waals surface area contributed by atoms with Gasteiger partial charge in [0.2, 0.25) is 0 Å². The molecule has 1 atom stereocenters. The molecule has 0 saturated carbocycles. The van der Waals surface area contributed by atoms with Gasteiger partial charge in [-0.2, -0.15) is 5.10 Å². The predicted octanol–water partition coefficient (Wildman–Crippen LogP) is 1.94. The first-order valence-corrected chi connectivity index (χ1v) is 8.04. The molecule has 7 nitrogen and oxygen atoms in total. The van der Waals surface area contributed by atoms with Crippen molar-refractivity contribution in [1.82, 2.24) is 29.2 Å².